The van der Waals surface area contributed by atoms with E-state index in [4.69, 9.17) is 11.5 Å². The van der Waals surface area contributed by atoms with E-state index in [1.54, 1.807) is 6.08 Å². The van der Waals surface area contributed by atoms with Crippen molar-refractivity contribution in [1.82, 2.24) is 0 Å². The van der Waals surface area contributed by atoms with E-state index in [1.165, 1.54) is 0 Å². The SMILES string of the molecule is C=C[C@@H](N)c1ccc(N)cc1C. The standard InChI is InChI=1S/C10H14N2/c1-3-10(12)9-5-4-8(11)6-7(9)2/h3-6,10H,1,11-12H2,2H3/t10-/m1/s1. The van der Waals surface area contributed by atoms with Gasteiger partial charge >= 0.3 is 0 Å². The Kier molecular flexibility index (Phi) is 2.51. The van der Waals surface area contributed by atoms with E-state index in [9.17, 15) is 0 Å². The van der Waals surface area contributed by atoms with Gasteiger partial charge in [0.2, 0.25) is 0 Å². The molecule has 4 N–H and O–H groups in total. The molecule has 0 aliphatic heterocycles. The molecule has 2 nitrogen and oxygen atoms in total. The van der Waals surface area contributed by atoms with Crippen LogP contribution in [-0.4, -0.2) is 0 Å². The molecule has 2 heteroatoms. The van der Waals surface area contributed by atoms with Crippen molar-refractivity contribution in [2.24, 2.45) is 5.73 Å². The molecule has 0 saturated heterocycles. The van der Waals surface area contributed by atoms with Crippen molar-refractivity contribution in [2.75, 3.05) is 5.73 Å². The number of anilines is 1. The Labute approximate surface area is 72.9 Å². The van der Waals surface area contributed by atoms with Crippen LogP contribution in [0.15, 0.2) is 30.9 Å². The van der Waals surface area contributed by atoms with Crippen LogP contribution < -0.4 is 11.5 Å². The van der Waals surface area contributed by atoms with Crippen molar-refractivity contribution in [3.63, 3.8) is 0 Å². The summed E-state index contributed by atoms with van der Waals surface area (Å²) in [5, 5.41) is 0. The largest absolute Gasteiger partial charge is 0.399 e. The third-order valence-electron chi connectivity index (χ3n) is 1.91. The Morgan fingerprint density at radius 2 is 2.17 bits per heavy atom. The van der Waals surface area contributed by atoms with Gasteiger partial charge in [0.25, 0.3) is 0 Å². The Hall–Kier alpha value is -1.28. The number of hydrogen-bond acceptors (Lipinski definition) is 2. The lowest BCUT2D eigenvalue weighted by molar-refractivity contribution is 0.903. The van der Waals surface area contributed by atoms with E-state index in [2.05, 4.69) is 6.58 Å². The van der Waals surface area contributed by atoms with Gasteiger partial charge in [-0.25, -0.2) is 0 Å². The minimum Gasteiger partial charge on any atom is -0.399 e. The molecular formula is C10H14N2. The van der Waals surface area contributed by atoms with Crippen LogP contribution >= 0.6 is 0 Å². The molecule has 1 rings (SSSR count). The number of nitrogens with two attached hydrogens (primary N) is 2. The zero-order valence-electron chi connectivity index (χ0n) is 7.25. The molecule has 0 fully saturated rings. The number of aryl methyl sites for hydroxylation is 1. The van der Waals surface area contributed by atoms with E-state index in [1.807, 2.05) is 25.1 Å². The molecule has 1 aromatic rings. The van der Waals surface area contributed by atoms with E-state index in [0.29, 0.717) is 0 Å². The predicted molar refractivity (Wildman–Crippen MR) is 52.7 cm³/mol. The number of hydrogen-bond donors (Lipinski definition) is 2. The van der Waals surface area contributed by atoms with Crippen molar-refractivity contribution >= 4 is 5.69 Å². The van der Waals surface area contributed by atoms with Gasteiger partial charge in [-0.3, -0.25) is 0 Å². The van der Waals surface area contributed by atoms with Crippen molar-refractivity contribution in [1.29, 1.82) is 0 Å². The summed E-state index contributed by atoms with van der Waals surface area (Å²) in [5.41, 5.74) is 14.4. The predicted octanol–water partition coefficient (Wildman–Crippen LogP) is 1.76. The fraction of sp³-hybridized carbons (Fsp3) is 0.200. The first-order valence-corrected chi connectivity index (χ1v) is 3.89. The van der Waals surface area contributed by atoms with Crippen molar-refractivity contribution in [2.45, 2.75) is 13.0 Å². The van der Waals surface area contributed by atoms with Gasteiger partial charge in [0.05, 0.1) is 0 Å². The average molecular weight is 162 g/mol. The Balaban J connectivity index is 3.09. The molecule has 12 heavy (non-hydrogen) atoms. The summed E-state index contributed by atoms with van der Waals surface area (Å²) < 4.78 is 0. The van der Waals surface area contributed by atoms with Crippen molar-refractivity contribution in [3.8, 4) is 0 Å². The lowest BCUT2D eigenvalue weighted by atomic mass is 10.0. The topological polar surface area (TPSA) is 52.0 Å². The zero-order chi connectivity index (χ0) is 9.14. The molecule has 0 spiro atoms. The van der Waals surface area contributed by atoms with Crippen LogP contribution in [0.5, 0.6) is 0 Å². The second kappa shape index (κ2) is 3.41. The normalized spacial score (nSPS) is 12.5. The van der Waals surface area contributed by atoms with Gasteiger partial charge in [-0.2, -0.15) is 0 Å². The lowest BCUT2D eigenvalue weighted by Crippen LogP contribution is -2.08. The molecule has 1 atom stereocenters. The molecule has 64 valence electrons. The van der Waals surface area contributed by atoms with Crippen LogP contribution in [0.25, 0.3) is 0 Å². The summed E-state index contributed by atoms with van der Waals surface area (Å²) in [6.07, 6.45) is 1.72. The van der Waals surface area contributed by atoms with Gasteiger partial charge in [-0.15, -0.1) is 6.58 Å². The van der Waals surface area contributed by atoms with Crippen LogP contribution in [0.3, 0.4) is 0 Å². The molecule has 0 heterocycles. The van der Waals surface area contributed by atoms with Crippen molar-refractivity contribution in [3.05, 3.63) is 42.0 Å². The first-order valence-electron chi connectivity index (χ1n) is 3.89. The monoisotopic (exact) mass is 162 g/mol. The molecule has 0 aliphatic rings. The van der Waals surface area contributed by atoms with E-state index >= 15 is 0 Å². The van der Waals surface area contributed by atoms with Crippen LogP contribution in [-0.2, 0) is 0 Å². The zero-order valence-corrected chi connectivity index (χ0v) is 7.25. The van der Waals surface area contributed by atoms with Gasteiger partial charge in [0, 0.05) is 11.7 Å². The summed E-state index contributed by atoms with van der Waals surface area (Å²) >= 11 is 0. The van der Waals surface area contributed by atoms with Gasteiger partial charge in [-0.1, -0.05) is 12.1 Å². The smallest absolute Gasteiger partial charge is 0.0481 e. The number of rotatable bonds is 2. The fourth-order valence-corrected chi connectivity index (χ4v) is 1.20. The van der Waals surface area contributed by atoms with E-state index in [0.717, 1.165) is 16.8 Å². The second-order valence-electron chi connectivity index (χ2n) is 2.88. The first-order chi connectivity index (χ1) is 5.65. The van der Waals surface area contributed by atoms with Gasteiger partial charge in [0.15, 0.2) is 0 Å². The first kappa shape index (κ1) is 8.81. The van der Waals surface area contributed by atoms with Gasteiger partial charge in [-0.05, 0) is 30.2 Å². The molecule has 0 bridgehead atoms. The lowest BCUT2D eigenvalue weighted by Gasteiger charge is -2.10. The van der Waals surface area contributed by atoms with Crippen molar-refractivity contribution < 1.29 is 0 Å². The molecule has 0 saturated carbocycles. The van der Waals surface area contributed by atoms with E-state index < -0.39 is 0 Å². The average Bonchev–Trinajstić information content (AvgIpc) is 2.03. The second-order valence-corrected chi connectivity index (χ2v) is 2.88. The molecule has 0 aliphatic carbocycles. The third kappa shape index (κ3) is 1.66. The van der Waals surface area contributed by atoms with Crippen LogP contribution in [0, 0.1) is 6.92 Å². The minimum absolute atomic E-state index is 0.0920. The maximum absolute atomic E-state index is 5.79. The summed E-state index contributed by atoms with van der Waals surface area (Å²) in [5.74, 6) is 0. The Bertz CT molecular complexity index is 292. The fourth-order valence-electron chi connectivity index (χ4n) is 1.20. The maximum atomic E-state index is 5.79. The molecule has 0 aromatic heterocycles. The number of nitrogen functional groups attached to an aromatic ring is 1. The summed E-state index contributed by atoms with van der Waals surface area (Å²) in [6, 6.07) is 5.62. The summed E-state index contributed by atoms with van der Waals surface area (Å²) in [4.78, 5) is 0. The Morgan fingerprint density at radius 3 is 2.67 bits per heavy atom. The van der Waals surface area contributed by atoms with E-state index in [-0.39, 0.29) is 6.04 Å². The van der Waals surface area contributed by atoms with Gasteiger partial charge < -0.3 is 11.5 Å². The third-order valence-corrected chi connectivity index (χ3v) is 1.91. The minimum atomic E-state index is -0.0920. The summed E-state index contributed by atoms with van der Waals surface area (Å²) in [6.45, 7) is 5.64. The molecule has 1 aromatic carbocycles. The highest BCUT2D eigenvalue weighted by atomic mass is 14.6. The number of benzene rings is 1. The highest BCUT2D eigenvalue weighted by Gasteiger charge is 2.03. The van der Waals surface area contributed by atoms with Gasteiger partial charge in [0.1, 0.15) is 0 Å². The molecule has 0 radical (unpaired) electrons. The van der Waals surface area contributed by atoms with Crippen LogP contribution in [0.4, 0.5) is 5.69 Å². The van der Waals surface area contributed by atoms with Crippen LogP contribution in [0.1, 0.15) is 17.2 Å². The molecular weight excluding hydrogens is 148 g/mol. The van der Waals surface area contributed by atoms with Crippen LogP contribution in [0.2, 0.25) is 0 Å². The highest BCUT2D eigenvalue weighted by molar-refractivity contribution is 5.45. The Morgan fingerprint density at radius 1 is 1.50 bits per heavy atom. The maximum Gasteiger partial charge on any atom is 0.0481 e. The summed E-state index contributed by atoms with van der Waals surface area (Å²) in [7, 11) is 0. The highest BCUT2D eigenvalue weighted by Crippen LogP contribution is 2.18. The quantitative estimate of drug-likeness (QED) is 0.514. The molecule has 0 amide bonds. The molecule has 0 unspecified atom stereocenters.